The van der Waals surface area contributed by atoms with Crippen molar-refractivity contribution in [3.05, 3.63) is 35.2 Å². The van der Waals surface area contributed by atoms with Crippen molar-refractivity contribution >= 4 is 26.8 Å². The van der Waals surface area contributed by atoms with Crippen LogP contribution in [0.25, 0.3) is 11.0 Å². The van der Waals surface area contributed by atoms with Gasteiger partial charge in [-0.15, -0.1) is 0 Å². The van der Waals surface area contributed by atoms with Crippen LogP contribution in [0.5, 0.6) is 0 Å². The van der Waals surface area contributed by atoms with E-state index < -0.39 is 9.84 Å². The Bertz CT molecular complexity index is 997. The molecule has 8 heteroatoms. The molecule has 1 atom stereocenters. The lowest BCUT2D eigenvalue weighted by Gasteiger charge is -2.37. The number of amides is 1. The van der Waals surface area contributed by atoms with Gasteiger partial charge in [-0.2, -0.15) is 0 Å². The van der Waals surface area contributed by atoms with Crippen LogP contribution in [-0.2, 0) is 9.84 Å². The molecule has 2 aliphatic rings. The number of piperazine rings is 1. The van der Waals surface area contributed by atoms with E-state index in [2.05, 4.69) is 14.9 Å². The van der Waals surface area contributed by atoms with Crippen molar-refractivity contribution in [3.8, 4) is 0 Å². The average molecular weight is 388 g/mol. The smallest absolute Gasteiger partial charge is 0.254 e. The van der Waals surface area contributed by atoms with E-state index in [9.17, 15) is 13.2 Å². The third kappa shape index (κ3) is 3.68. The van der Waals surface area contributed by atoms with Gasteiger partial charge in [0.15, 0.2) is 9.84 Å². The largest absolute Gasteiger partial charge is 0.336 e. The standard InChI is InChI=1S/C19H24N4O3S/c1-13-14(2)21-18-11-15(3-4-17(18)20-13)19(24)23-8-6-22(7-9-23)16-5-10-27(25,26)12-16/h3-4,11,16H,5-10,12H2,1-2H3/t16-/m0/s1. The Morgan fingerprint density at radius 2 is 1.70 bits per heavy atom. The lowest BCUT2D eigenvalue weighted by Crippen LogP contribution is -2.52. The summed E-state index contributed by atoms with van der Waals surface area (Å²) in [7, 11) is -2.88. The van der Waals surface area contributed by atoms with Gasteiger partial charge in [0.1, 0.15) is 0 Å². The molecular formula is C19H24N4O3S. The van der Waals surface area contributed by atoms with Crippen LogP contribution >= 0.6 is 0 Å². The first-order chi connectivity index (χ1) is 12.8. The molecule has 0 spiro atoms. The first-order valence-corrected chi connectivity index (χ1v) is 11.1. The lowest BCUT2D eigenvalue weighted by molar-refractivity contribution is 0.0588. The minimum atomic E-state index is -2.88. The molecule has 1 aromatic heterocycles. The predicted octanol–water partition coefficient (Wildman–Crippen LogP) is 1.19. The molecule has 2 fully saturated rings. The normalized spacial score (nSPS) is 23.0. The molecule has 0 aliphatic carbocycles. The van der Waals surface area contributed by atoms with Gasteiger partial charge in [0.05, 0.1) is 33.9 Å². The van der Waals surface area contributed by atoms with E-state index in [1.807, 2.05) is 36.9 Å². The summed E-state index contributed by atoms with van der Waals surface area (Å²) in [6, 6.07) is 5.58. The number of aryl methyl sites for hydroxylation is 2. The van der Waals surface area contributed by atoms with Gasteiger partial charge in [0.2, 0.25) is 0 Å². The van der Waals surface area contributed by atoms with Crippen molar-refractivity contribution in [1.29, 1.82) is 0 Å². The minimum Gasteiger partial charge on any atom is -0.336 e. The zero-order chi connectivity index (χ0) is 19.2. The monoisotopic (exact) mass is 388 g/mol. The molecule has 7 nitrogen and oxygen atoms in total. The van der Waals surface area contributed by atoms with Crippen molar-refractivity contribution in [2.45, 2.75) is 26.3 Å². The van der Waals surface area contributed by atoms with Crippen LogP contribution in [0.3, 0.4) is 0 Å². The molecule has 2 aliphatic heterocycles. The van der Waals surface area contributed by atoms with E-state index in [1.54, 1.807) is 0 Å². The highest BCUT2D eigenvalue weighted by Crippen LogP contribution is 2.21. The predicted molar refractivity (Wildman–Crippen MR) is 104 cm³/mol. The highest BCUT2D eigenvalue weighted by atomic mass is 32.2. The molecule has 27 heavy (non-hydrogen) atoms. The minimum absolute atomic E-state index is 0.00405. The second kappa shape index (κ2) is 6.83. The molecular weight excluding hydrogens is 364 g/mol. The van der Waals surface area contributed by atoms with Crippen molar-refractivity contribution in [2.24, 2.45) is 0 Å². The van der Waals surface area contributed by atoms with E-state index in [0.29, 0.717) is 25.1 Å². The zero-order valence-corrected chi connectivity index (χ0v) is 16.5. The van der Waals surface area contributed by atoms with E-state index in [-0.39, 0.29) is 23.5 Å². The fourth-order valence-electron chi connectivity index (χ4n) is 3.90. The number of benzene rings is 1. The maximum atomic E-state index is 12.9. The Morgan fingerprint density at radius 3 is 2.33 bits per heavy atom. The summed E-state index contributed by atoms with van der Waals surface area (Å²) in [5, 5.41) is 0. The number of sulfone groups is 1. The summed E-state index contributed by atoms with van der Waals surface area (Å²) in [6.07, 6.45) is 0.707. The molecule has 1 aromatic carbocycles. The topological polar surface area (TPSA) is 83.5 Å². The molecule has 144 valence electrons. The van der Waals surface area contributed by atoms with Crippen molar-refractivity contribution < 1.29 is 13.2 Å². The van der Waals surface area contributed by atoms with Crippen LogP contribution in [0, 0.1) is 13.8 Å². The van der Waals surface area contributed by atoms with Gasteiger partial charge < -0.3 is 4.90 Å². The third-order valence-electron chi connectivity index (χ3n) is 5.65. The Morgan fingerprint density at radius 1 is 1.04 bits per heavy atom. The van der Waals surface area contributed by atoms with Crippen LogP contribution in [0.2, 0.25) is 0 Å². The van der Waals surface area contributed by atoms with Gasteiger partial charge in [0.25, 0.3) is 5.91 Å². The van der Waals surface area contributed by atoms with Crippen LogP contribution in [0.15, 0.2) is 18.2 Å². The number of hydrogen-bond acceptors (Lipinski definition) is 6. The molecule has 0 N–H and O–H groups in total. The van der Waals surface area contributed by atoms with E-state index in [0.717, 1.165) is 35.5 Å². The molecule has 4 rings (SSSR count). The Labute approximate surface area is 159 Å². The molecule has 0 bridgehead atoms. The fraction of sp³-hybridized carbons (Fsp3) is 0.526. The van der Waals surface area contributed by atoms with E-state index in [4.69, 9.17) is 0 Å². The molecule has 0 radical (unpaired) electrons. The van der Waals surface area contributed by atoms with Crippen LogP contribution in [-0.4, -0.2) is 77.8 Å². The quantitative estimate of drug-likeness (QED) is 0.769. The lowest BCUT2D eigenvalue weighted by atomic mass is 10.1. The highest BCUT2D eigenvalue weighted by molar-refractivity contribution is 7.91. The summed E-state index contributed by atoms with van der Waals surface area (Å²) in [6.45, 7) is 6.52. The summed E-state index contributed by atoms with van der Waals surface area (Å²) in [4.78, 5) is 26.0. The molecule has 0 unspecified atom stereocenters. The second-order valence-corrected chi connectivity index (χ2v) is 9.71. The first-order valence-electron chi connectivity index (χ1n) is 9.31. The molecule has 1 amide bonds. The molecule has 3 heterocycles. The van der Waals surface area contributed by atoms with Crippen LogP contribution < -0.4 is 0 Å². The summed E-state index contributed by atoms with van der Waals surface area (Å²) in [5.41, 5.74) is 3.91. The molecule has 2 aromatic rings. The van der Waals surface area contributed by atoms with Gasteiger partial charge in [-0.1, -0.05) is 0 Å². The molecule has 0 saturated carbocycles. The third-order valence-corrected chi connectivity index (χ3v) is 7.40. The number of rotatable bonds is 2. The summed E-state index contributed by atoms with van der Waals surface area (Å²) >= 11 is 0. The summed E-state index contributed by atoms with van der Waals surface area (Å²) < 4.78 is 23.4. The van der Waals surface area contributed by atoms with Crippen LogP contribution in [0.1, 0.15) is 28.2 Å². The van der Waals surface area contributed by atoms with Gasteiger partial charge in [-0.3, -0.25) is 9.69 Å². The Balaban J connectivity index is 1.45. The van der Waals surface area contributed by atoms with Gasteiger partial charge in [-0.25, -0.2) is 18.4 Å². The first kappa shape index (κ1) is 18.3. The number of carbonyl (C=O) groups is 1. The zero-order valence-electron chi connectivity index (χ0n) is 15.7. The Hall–Kier alpha value is -2.06. The molecule has 2 saturated heterocycles. The van der Waals surface area contributed by atoms with Crippen LogP contribution in [0.4, 0.5) is 0 Å². The van der Waals surface area contributed by atoms with Gasteiger partial charge >= 0.3 is 0 Å². The number of hydrogen-bond donors (Lipinski definition) is 0. The summed E-state index contributed by atoms with van der Waals surface area (Å²) in [5.74, 6) is 0.535. The number of aromatic nitrogens is 2. The van der Waals surface area contributed by atoms with E-state index >= 15 is 0 Å². The van der Waals surface area contributed by atoms with Crippen molar-refractivity contribution in [1.82, 2.24) is 19.8 Å². The second-order valence-electron chi connectivity index (χ2n) is 7.48. The van der Waals surface area contributed by atoms with Crippen molar-refractivity contribution in [2.75, 3.05) is 37.7 Å². The highest BCUT2D eigenvalue weighted by Gasteiger charge is 2.34. The van der Waals surface area contributed by atoms with Gasteiger partial charge in [-0.05, 0) is 38.5 Å². The average Bonchev–Trinajstić information content (AvgIpc) is 3.02. The number of nitrogens with zero attached hydrogens (tertiary/aromatic N) is 4. The van der Waals surface area contributed by atoms with E-state index in [1.165, 1.54) is 0 Å². The fourth-order valence-corrected chi connectivity index (χ4v) is 5.66. The number of carbonyl (C=O) groups excluding carboxylic acids is 1. The number of fused-ring (bicyclic) bond motifs is 1. The van der Waals surface area contributed by atoms with Crippen molar-refractivity contribution in [3.63, 3.8) is 0 Å². The maximum absolute atomic E-state index is 12.9. The SMILES string of the molecule is Cc1nc2ccc(C(=O)N3CCN([C@H]4CCS(=O)(=O)C4)CC3)cc2nc1C. The Kier molecular flexibility index (Phi) is 4.63. The van der Waals surface area contributed by atoms with Gasteiger partial charge in [0, 0.05) is 37.8 Å². The maximum Gasteiger partial charge on any atom is 0.254 e.